The number of nitrogens with zero attached hydrogens (tertiary/aromatic N) is 4. The SMILES string of the molecule is CN1CCN(CCOc2ccc(C#Cc3ccc(NC(=O)Nc4cc(C(C)(C)C)on4)cn3)cc2)CC1. The fourth-order valence-electron chi connectivity index (χ4n) is 3.64. The Morgan fingerprint density at radius 3 is 2.46 bits per heavy atom. The van der Waals surface area contributed by atoms with Crippen LogP contribution in [0.4, 0.5) is 16.3 Å². The highest BCUT2D eigenvalue weighted by Crippen LogP contribution is 2.24. The Balaban J connectivity index is 1.22. The molecule has 0 unspecified atom stereocenters. The van der Waals surface area contributed by atoms with Crippen LogP contribution >= 0.6 is 0 Å². The molecule has 1 aliphatic heterocycles. The molecular weight excluding hydrogens is 468 g/mol. The average molecular weight is 503 g/mol. The van der Waals surface area contributed by atoms with Gasteiger partial charge in [-0.3, -0.25) is 10.2 Å². The maximum absolute atomic E-state index is 12.2. The molecule has 1 aromatic carbocycles. The molecular formula is C28H34N6O3. The molecule has 3 aromatic rings. The summed E-state index contributed by atoms with van der Waals surface area (Å²) >= 11 is 0. The molecule has 194 valence electrons. The maximum Gasteiger partial charge on any atom is 0.324 e. The molecule has 0 radical (unpaired) electrons. The van der Waals surface area contributed by atoms with Crippen LogP contribution in [-0.2, 0) is 5.41 Å². The van der Waals surface area contributed by atoms with Crippen molar-refractivity contribution in [2.45, 2.75) is 26.2 Å². The van der Waals surface area contributed by atoms with Gasteiger partial charge >= 0.3 is 6.03 Å². The first-order valence-electron chi connectivity index (χ1n) is 12.4. The van der Waals surface area contributed by atoms with Crippen LogP contribution in [0.2, 0.25) is 0 Å². The van der Waals surface area contributed by atoms with Crippen molar-refractivity contribution in [1.29, 1.82) is 0 Å². The Morgan fingerprint density at radius 1 is 1.05 bits per heavy atom. The third kappa shape index (κ3) is 8.07. The van der Waals surface area contributed by atoms with Crippen molar-refractivity contribution in [3.63, 3.8) is 0 Å². The molecule has 1 saturated heterocycles. The number of pyridine rings is 1. The molecule has 2 N–H and O–H groups in total. The van der Waals surface area contributed by atoms with Crippen LogP contribution < -0.4 is 15.4 Å². The third-order valence-corrected chi connectivity index (χ3v) is 5.97. The fraction of sp³-hybridized carbons (Fsp3) is 0.393. The number of hydrogen-bond acceptors (Lipinski definition) is 7. The summed E-state index contributed by atoms with van der Waals surface area (Å²) in [6.45, 7) is 12.0. The van der Waals surface area contributed by atoms with Gasteiger partial charge < -0.3 is 19.5 Å². The second-order valence-electron chi connectivity index (χ2n) is 10.1. The van der Waals surface area contributed by atoms with Crippen molar-refractivity contribution in [3.8, 4) is 17.6 Å². The van der Waals surface area contributed by atoms with Gasteiger partial charge in [0.15, 0.2) is 5.82 Å². The maximum atomic E-state index is 12.2. The Labute approximate surface area is 218 Å². The lowest BCUT2D eigenvalue weighted by atomic mass is 9.93. The molecule has 0 saturated carbocycles. The zero-order chi connectivity index (χ0) is 26.3. The Morgan fingerprint density at radius 2 is 1.81 bits per heavy atom. The summed E-state index contributed by atoms with van der Waals surface area (Å²) in [6.07, 6.45) is 1.56. The summed E-state index contributed by atoms with van der Waals surface area (Å²) in [4.78, 5) is 21.3. The molecule has 9 heteroatoms. The summed E-state index contributed by atoms with van der Waals surface area (Å²) < 4.78 is 11.2. The van der Waals surface area contributed by atoms with Crippen molar-refractivity contribution in [3.05, 3.63) is 65.7 Å². The number of rotatable bonds is 6. The number of nitrogens with one attached hydrogen (secondary N) is 2. The second-order valence-corrected chi connectivity index (χ2v) is 10.1. The first kappa shape index (κ1) is 26.2. The van der Waals surface area contributed by atoms with E-state index in [9.17, 15) is 4.79 Å². The van der Waals surface area contributed by atoms with E-state index in [4.69, 9.17) is 9.26 Å². The minimum absolute atomic E-state index is 0.190. The van der Waals surface area contributed by atoms with Gasteiger partial charge in [0.05, 0.1) is 11.9 Å². The zero-order valence-corrected chi connectivity index (χ0v) is 21.9. The second kappa shape index (κ2) is 11.9. The number of carbonyl (C=O) groups excluding carboxylic acids is 1. The summed E-state index contributed by atoms with van der Waals surface area (Å²) in [7, 11) is 2.16. The van der Waals surface area contributed by atoms with Crippen LogP contribution in [0.1, 0.15) is 37.8 Å². The van der Waals surface area contributed by atoms with E-state index in [-0.39, 0.29) is 5.41 Å². The van der Waals surface area contributed by atoms with Gasteiger partial charge in [0.25, 0.3) is 0 Å². The molecule has 4 rings (SSSR count). The standard InChI is InChI=1S/C28H34N6O3/c1-28(2,3)25-19-26(32-37-25)31-27(35)30-23-10-9-22(29-20-23)8-5-21-6-11-24(12-7-21)36-18-17-34-15-13-33(4)14-16-34/h6-7,9-12,19-20H,13-18H2,1-4H3,(H2,30,31,32,35). The van der Waals surface area contributed by atoms with E-state index in [1.807, 2.05) is 45.0 Å². The normalized spacial score (nSPS) is 14.5. The predicted octanol–water partition coefficient (Wildman–Crippen LogP) is 4.04. The number of aromatic nitrogens is 2. The predicted molar refractivity (Wildman–Crippen MR) is 144 cm³/mol. The Hall–Kier alpha value is -3.87. The van der Waals surface area contributed by atoms with E-state index in [1.54, 1.807) is 24.4 Å². The van der Waals surface area contributed by atoms with Crippen molar-refractivity contribution >= 4 is 17.5 Å². The highest BCUT2D eigenvalue weighted by atomic mass is 16.5. The quantitative estimate of drug-likeness (QED) is 0.491. The molecule has 0 spiro atoms. The van der Waals surface area contributed by atoms with Gasteiger partial charge in [-0.05, 0) is 49.4 Å². The van der Waals surface area contributed by atoms with E-state index < -0.39 is 6.03 Å². The minimum Gasteiger partial charge on any atom is -0.492 e. The van der Waals surface area contributed by atoms with E-state index in [2.05, 4.69) is 49.5 Å². The molecule has 1 aliphatic rings. The topological polar surface area (TPSA) is 95.8 Å². The molecule has 1 fully saturated rings. The van der Waals surface area contributed by atoms with Crippen molar-refractivity contribution in [2.75, 3.05) is 57.0 Å². The number of amides is 2. The van der Waals surface area contributed by atoms with E-state index in [1.165, 1.54) is 0 Å². The molecule has 2 amide bonds. The summed E-state index contributed by atoms with van der Waals surface area (Å²) in [6, 6.07) is 12.5. The number of likely N-dealkylation sites (N-methyl/N-ethyl adjacent to an activating group) is 1. The van der Waals surface area contributed by atoms with Crippen LogP contribution in [0.5, 0.6) is 5.75 Å². The number of piperazine rings is 1. The zero-order valence-electron chi connectivity index (χ0n) is 21.9. The first-order valence-corrected chi connectivity index (χ1v) is 12.4. The van der Waals surface area contributed by atoms with Gasteiger partial charge in [0.1, 0.15) is 23.8 Å². The van der Waals surface area contributed by atoms with E-state index in [0.717, 1.165) is 44.0 Å². The largest absolute Gasteiger partial charge is 0.492 e. The van der Waals surface area contributed by atoms with Gasteiger partial charge in [-0.15, -0.1) is 0 Å². The molecule has 37 heavy (non-hydrogen) atoms. The molecule has 0 atom stereocenters. The number of urea groups is 1. The average Bonchev–Trinajstić information content (AvgIpc) is 3.35. The van der Waals surface area contributed by atoms with Crippen LogP contribution in [-0.4, -0.2) is 72.3 Å². The molecule has 3 heterocycles. The van der Waals surface area contributed by atoms with Crippen LogP contribution in [0.25, 0.3) is 0 Å². The Kier molecular flexibility index (Phi) is 8.43. The van der Waals surface area contributed by atoms with Gasteiger partial charge in [-0.2, -0.15) is 0 Å². The van der Waals surface area contributed by atoms with Gasteiger partial charge in [0, 0.05) is 49.8 Å². The van der Waals surface area contributed by atoms with E-state index >= 15 is 0 Å². The summed E-state index contributed by atoms with van der Waals surface area (Å²) in [5, 5.41) is 9.26. The van der Waals surface area contributed by atoms with Gasteiger partial charge in [0.2, 0.25) is 0 Å². The van der Waals surface area contributed by atoms with Gasteiger partial charge in [-0.1, -0.05) is 31.8 Å². The van der Waals surface area contributed by atoms with Crippen LogP contribution in [0, 0.1) is 11.8 Å². The number of ether oxygens (including phenoxy) is 1. The Bertz CT molecular complexity index is 1230. The van der Waals surface area contributed by atoms with Gasteiger partial charge in [-0.25, -0.2) is 9.78 Å². The minimum atomic E-state index is -0.430. The number of benzene rings is 1. The summed E-state index contributed by atoms with van der Waals surface area (Å²) in [5.74, 6) is 8.03. The lowest BCUT2D eigenvalue weighted by molar-refractivity contribution is 0.134. The highest BCUT2D eigenvalue weighted by Gasteiger charge is 2.20. The first-order chi connectivity index (χ1) is 17.7. The molecule has 2 aromatic heterocycles. The third-order valence-electron chi connectivity index (χ3n) is 5.97. The monoisotopic (exact) mass is 502 g/mol. The van der Waals surface area contributed by atoms with Crippen molar-refractivity contribution in [2.24, 2.45) is 0 Å². The highest BCUT2D eigenvalue weighted by molar-refractivity contribution is 5.99. The fourth-order valence-corrected chi connectivity index (χ4v) is 3.64. The smallest absolute Gasteiger partial charge is 0.324 e. The van der Waals surface area contributed by atoms with Crippen LogP contribution in [0.15, 0.2) is 53.2 Å². The van der Waals surface area contributed by atoms with Crippen molar-refractivity contribution < 1.29 is 14.1 Å². The lowest BCUT2D eigenvalue weighted by Gasteiger charge is -2.32. The van der Waals surface area contributed by atoms with Crippen molar-refractivity contribution in [1.82, 2.24) is 19.9 Å². The van der Waals surface area contributed by atoms with E-state index in [0.29, 0.717) is 29.6 Å². The number of hydrogen-bond donors (Lipinski definition) is 2. The molecule has 0 aliphatic carbocycles. The molecule has 9 nitrogen and oxygen atoms in total. The molecule has 0 bridgehead atoms. The van der Waals surface area contributed by atoms with Crippen LogP contribution in [0.3, 0.4) is 0 Å². The summed E-state index contributed by atoms with van der Waals surface area (Å²) in [5.41, 5.74) is 1.83. The number of anilines is 2. The number of carbonyl (C=O) groups is 1. The lowest BCUT2D eigenvalue weighted by Crippen LogP contribution is -2.45.